The molecule has 2 aromatic carbocycles. The second-order valence-electron chi connectivity index (χ2n) is 8.50. The lowest BCUT2D eigenvalue weighted by Crippen LogP contribution is -2.29. The molecule has 0 saturated carbocycles. The Hall–Kier alpha value is -4.33. The zero-order chi connectivity index (χ0) is 26.4. The van der Waals surface area contributed by atoms with Gasteiger partial charge >= 0.3 is 0 Å². The molecule has 8 heteroatoms. The number of aliphatic hydroxyl groups is 1. The lowest BCUT2D eigenvalue weighted by molar-refractivity contribution is -0.140. The minimum atomic E-state index is -0.846. The number of benzene rings is 2. The summed E-state index contributed by atoms with van der Waals surface area (Å²) >= 11 is 0. The molecule has 1 aliphatic rings. The van der Waals surface area contributed by atoms with E-state index in [0.29, 0.717) is 41.6 Å². The number of aromatic nitrogens is 1. The van der Waals surface area contributed by atoms with E-state index in [0.717, 1.165) is 12.0 Å². The van der Waals surface area contributed by atoms with Crippen molar-refractivity contribution in [2.24, 2.45) is 0 Å². The molecule has 1 unspecified atom stereocenters. The molecule has 3 aromatic rings. The summed E-state index contributed by atoms with van der Waals surface area (Å²) in [6.45, 7) is 4.96. The molecule has 1 amide bonds. The lowest BCUT2D eigenvalue weighted by Gasteiger charge is -2.26. The Morgan fingerprint density at radius 1 is 1.03 bits per heavy atom. The molecule has 1 saturated heterocycles. The summed E-state index contributed by atoms with van der Waals surface area (Å²) in [6, 6.07) is 14.7. The third kappa shape index (κ3) is 5.43. The van der Waals surface area contributed by atoms with Crippen molar-refractivity contribution < 1.29 is 28.9 Å². The number of amides is 1. The predicted octanol–water partition coefficient (Wildman–Crippen LogP) is 4.90. The average Bonchev–Trinajstić information content (AvgIpc) is 3.17. The number of rotatable bonds is 10. The normalized spacial score (nSPS) is 16.6. The van der Waals surface area contributed by atoms with Crippen molar-refractivity contribution in [1.82, 2.24) is 9.88 Å². The molecule has 1 N–H and O–H groups in total. The van der Waals surface area contributed by atoms with E-state index < -0.39 is 17.7 Å². The first kappa shape index (κ1) is 25.8. The SMILES string of the molecule is CCCOc1ccc(C2/C(=C(\O)c3ccc(OC)cc3)C(=O)C(=O)N2Cc2cccnc2)cc1OCC. The molecule has 1 aliphatic heterocycles. The quantitative estimate of drug-likeness (QED) is 0.239. The number of carbonyl (C=O) groups excluding carboxylic acids is 2. The van der Waals surface area contributed by atoms with Crippen LogP contribution < -0.4 is 14.2 Å². The fraction of sp³-hybridized carbons (Fsp3) is 0.276. The number of carbonyl (C=O) groups is 2. The number of ketones is 1. The van der Waals surface area contributed by atoms with Gasteiger partial charge in [0.25, 0.3) is 11.7 Å². The fourth-order valence-corrected chi connectivity index (χ4v) is 4.28. The van der Waals surface area contributed by atoms with Gasteiger partial charge in [0, 0.05) is 24.5 Å². The van der Waals surface area contributed by atoms with Crippen LogP contribution in [0.25, 0.3) is 5.76 Å². The zero-order valence-electron chi connectivity index (χ0n) is 21.1. The molecular weight excluding hydrogens is 472 g/mol. The Balaban J connectivity index is 1.85. The number of nitrogens with zero attached hydrogens (tertiary/aromatic N) is 2. The van der Waals surface area contributed by atoms with Crippen LogP contribution >= 0.6 is 0 Å². The van der Waals surface area contributed by atoms with Gasteiger partial charge in [-0.15, -0.1) is 0 Å². The third-order valence-electron chi connectivity index (χ3n) is 6.02. The predicted molar refractivity (Wildman–Crippen MR) is 138 cm³/mol. The van der Waals surface area contributed by atoms with Crippen molar-refractivity contribution in [1.29, 1.82) is 0 Å². The summed E-state index contributed by atoms with van der Waals surface area (Å²) in [7, 11) is 1.54. The monoisotopic (exact) mass is 502 g/mol. The molecule has 4 rings (SSSR count). The van der Waals surface area contributed by atoms with Crippen molar-refractivity contribution in [3.8, 4) is 17.2 Å². The van der Waals surface area contributed by atoms with Crippen LogP contribution in [0.5, 0.6) is 17.2 Å². The minimum Gasteiger partial charge on any atom is -0.507 e. The Morgan fingerprint density at radius 2 is 1.81 bits per heavy atom. The number of pyridine rings is 1. The summed E-state index contributed by atoms with van der Waals surface area (Å²) < 4.78 is 16.9. The zero-order valence-corrected chi connectivity index (χ0v) is 21.1. The van der Waals surface area contributed by atoms with Crippen molar-refractivity contribution in [3.63, 3.8) is 0 Å². The Morgan fingerprint density at radius 3 is 2.46 bits per heavy atom. The first-order valence-corrected chi connectivity index (χ1v) is 12.2. The maximum Gasteiger partial charge on any atom is 0.295 e. The first-order chi connectivity index (χ1) is 18.0. The lowest BCUT2D eigenvalue weighted by atomic mass is 9.94. The maximum atomic E-state index is 13.3. The highest BCUT2D eigenvalue weighted by Crippen LogP contribution is 2.43. The average molecular weight is 503 g/mol. The van der Waals surface area contributed by atoms with Crippen LogP contribution in [0.3, 0.4) is 0 Å². The van der Waals surface area contributed by atoms with Crippen molar-refractivity contribution >= 4 is 17.4 Å². The Labute approximate surface area is 216 Å². The Bertz CT molecular complexity index is 1290. The number of Topliss-reactive ketones (excluding diaryl/α,β-unsaturated/α-hetero) is 1. The van der Waals surface area contributed by atoms with Gasteiger partial charge in [-0.1, -0.05) is 19.1 Å². The highest BCUT2D eigenvalue weighted by molar-refractivity contribution is 6.46. The summed E-state index contributed by atoms with van der Waals surface area (Å²) in [4.78, 5) is 32.2. The minimum absolute atomic E-state index is 0.00346. The van der Waals surface area contributed by atoms with Gasteiger partial charge in [0.1, 0.15) is 11.5 Å². The van der Waals surface area contributed by atoms with Gasteiger partial charge < -0.3 is 24.2 Å². The highest BCUT2D eigenvalue weighted by Gasteiger charge is 2.46. The molecule has 2 heterocycles. The van der Waals surface area contributed by atoms with Gasteiger partial charge in [-0.25, -0.2) is 0 Å². The number of methoxy groups -OCH3 is 1. The van der Waals surface area contributed by atoms with Crippen LogP contribution in [0.2, 0.25) is 0 Å². The summed E-state index contributed by atoms with van der Waals surface area (Å²) in [5, 5.41) is 11.3. The van der Waals surface area contributed by atoms with Gasteiger partial charge in [0.15, 0.2) is 11.5 Å². The highest BCUT2D eigenvalue weighted by atomic mass is 16.5. The number of hydrogen-bond donors (Lipinski definition) is 1. The molecule has 0 spiro atoms. The summed E-state index contributed by atoms with van der Waals surface area (Å²) in [5.41, 5.74) is 1.78. The van der Waals surface area contributed by atoms with Crippen LogP contribution in [0.15, 0.2) is 72.6 Å². The number of hydrogen-bond acceptors (Lipinski definition) is 7. The molecule has 0 radical (unpaired) electrons. The van der Waals surface area contributed by atoms with E-state index in [1.54, 1.807) is 68.0 Å². The number of likely N-dealkylation sites (tertiary alicyclic amines) is 1. The van der Waals surface area contributed by atoms with E-state index in [1.165, 1.54) is 4.90 Å². The molecule has 1 fully saturated rings. The van der Waals surface area contributed by atoms with Crippen molar-refractivity contribution in [2.45, 2.75) is 32.9 Å². The largest absolute Gasteiger partial charge is 0.507 e. The smallest absolute Gasteiger partial charge is 0.295 e. The molecule has 192 valence electrons. The van der Waals surface area contributed by atoms with Gasteiger partial charge in [0.2, 0.25) is 0 Å². The van der Waals surface area contributed by atoms with Gasteiger partial charge in [-0.05, 0) is 66.9 Å². The summed E-state index contributed by atoms with van der Waals surface area (Å²) in [5.74, 6) is -0.0329. The fourth-order valence-electron chi connectivity index (χ4n) is 4.28. The van der Waals surface area contributed by atoms with E-state index in [4.69, 9.17) is 14.2 Å². The van der Waals surface area contributed by atoms with E-state index in [-0.39, 0.29) is 17.9 Å². The molecule has 0 aliphatic carbocycles. The molecule has 1 atom stereocenters. The molecule has 1 aromatic heterocycles. The standard InChI is InChI=1S/C29H30N2O6/c1-4-15-37-23-13-10-21(16-24(23)36-5-2)26-25(27(32)20-8-11-22(35-3)12-9-20)28(33)29(34)31(26)18-19-7-6-14-30-17-19/h6-14,16-17,26,32H,4-5,15,18H2,1-3H3/b27-25+. The maximum absolute atomic E-state index is 13.3. The van der Waals surface area contributed by atoms with Crippen LogP contribution in [0, 0.1) is 0 Å². The topological polar surface area (TPSA) is 98.2 Å². The van der Waals surface area contributed by atoms with E-state index in [1.807, 2.05) is 19.9 Å². The third-order valence-corrected chi connectivity index (χ3v) is 6.02. The Kier molecular flexibility index (Phi) is 8.08. The van der Waals surface area contributed by atoms with E-state index >= 15 is 0 Å². The van der Waals surface area contributed by atoms with Crippen molar-refractivity contribution in [2.75, 3.05) is 20.3 Å². The van der Waals surface area contributed by atoms with Gasteiger partial charge in [-0.3, -0.25) is 14.6 Å². The van der Waals surface area contributed by atoms with E-state index in [9.17, 15) is 14.7 Å². The molecular formula is C29H30N2O6. The number of ether oxygens (including phenoxy) is 3. The second kappa shape index (κ2) is 11.6. The van der Waals surface area contributed by atoms with Gasteiger partial charge in [-0.2, -0.15) is 0 Å². The molecule has 37 heavy (non-hydrogen) atoms. The van der Waals surface area contributed by atoms with E-state index in [2.05, 4.69) is 4.98 Å². The van der Waals surface area contributed by atoms with Crippen LogP contribution in [-0.2, 0) is 16.1 Å². The second-order valence-corrected chi connectivity index (χ2v) is 8.50. The number of aliphatic hydroxyl groups excluding tert-OH is 1. The molecule has 8 nitrogen and oxygen atoms in total. The van der Waals surface area contributed by atoms with Crippen molar-refractivity contribution in [3.05, 3.63) is 89.3 Å². The van der Waals surface area contributed by atoms with Crippen LogP contribution in [0.4, 0.5) is 0 Å². The van der Waals surface area contributed by atoms with Crippen LogP contribution in [-0.4, -0.2) is 47.0 Å². The first-order valence-electron chi connectivity index (χ1n) is 12.2. The van der Waals surface area contributed by atoms with Gasteiger partial charge in [0.05, 0.1) is 31.9 Å². The molecule has 0 bridgehead atoms. The summed E-state index contributed by atoms with van der Waals surface area (Å²) in [6.07, 6.45) is 4.12. The van der Waals surface area contributed by atoms with Crippen LogP contribution in [0.1, 0.15) is 43.0 Å².